The van der Waals surface area contributed by atoms with E-state index in [0.29, 0.717) is 6.07 Å². The number of nitrogens with zero attached hydrogens (tertiary/aromatic N) is 1. The maximum atomic E-state index is 14.2. The molecule has 3 aromatic rings. The Bertz CT molecular complexity index is 1750. The monoisotopic (exact) mass is 545 g/mol. The van der Waals surface area contributed by atoms with Gasteiger partial charge in [-0.05, 0) is 36.4 Å². The number of H-pyrrole nitrogens is 1. The molecule has 3 atom stereocenters. The van der Waals surface area contributed by atoms with Crippen LogP contribution in [0.1, 0.15) is 48.2 Å². The smallest absolute Gasteiger partial charge is 0.268 e. The summed E-state index contributed by atoms with van der Waals surface area (Å²) in [6.45, 7) is 3.01. The molecule has 0 bridgehead atoms. The molecule has 0 radical (unpaired) electrons. The number of aromatic nitrogens is 1. The zero-order chi connectivity index (χ0) is 31.7. The summed E-state index contributed by atoms with van der Waals surface area (Å²) < 4.78 is 74.8. The summed E-state index contributed by atoms with van der Waals surface area (Å²) >= 11 is 0. The number of nitrogens with one attached hydrogen (secondary N) is 3. The first kappa shape index (κ1) is 21.6. The number of primary amides is 1. The van der Waals surface area contributed by atoms with E-state index < -0.39 is 94.8 Å². The highest BCUT2D eigenvalue weighted by molar-refractivity contribution is 6.08. The number of carbonyl (C=O) groups is 4. The topological polar surface area (TPSA) is 137 Å². The van der Waals surface area contributed by atoms with E-state index in [9.17, 15) is 32.3 Å². The number of aromatic amines is 1. The number of likely N-dealkylation sites (tertiary alicyclic amines) is 1. The van der Waals surface area contributed by atoms with Gasteiger partial charge < -0.3 is 26.3 Å². The van der Waals surface area contributed by atoms with Crippen molar-refractivity contribution in [2.45, 2.75) is 44.2 Å². The molecule has 2 unspecified atom stereocenters. The lowest BCUT2D eigenvalue weighted by Crippen LogP contribution is -2.53. The van der Waals surface area contributed by atoms with Crippen LogP contribution < -0.4 is 16.4 Å². The number of hydrogen-bond acceptors (Lipinski definition) is 4. The minimum atomic E-state index is -1.73. The van der Waals surface area contributed by atoms with Gasteiger partial charge in [0.2, 0.25) is 17.7 Å². The molecule has 1 aromatic heterocycles. The summed E-state index contributed by atoms with van der Waals surface area (Å²) in [6, 6.07) is -3.57. The van der Waals surface area contributed by atoms with Crippen LogP contribution in [-0.2, 0) is 19.8 Å². The normalized spacial score (nSPS) is 22.4. The van der Waals surface area contributed by atoms with Gasteiger partial charge in [0, 0.05) is 23.7 Å². The highest BCUT2D eigenvalue weighted by atomic mass is 19.2. The molecule has 5 rings (SSSR count). The number of rotatable bonds is 6. The van der Waals surface area contributed by atoms with Crippen LogP contribution in [0.25, 0.3) is 10.9 Å². The predicted molar refractivity (Wildman–Crippen MR) is 135 cm³/mol. The van der Waals surface area contributed by atoms with Gasteiger partial charge in [0.1, 0.15) is 23.6 Å². The maximum Gasteiger partial charge on any atom is 0.268 e. The second-order valence-corrected chi connectivity index (χ2v) is 10.2. The van der Waals surface area contributed by atoms with Crippen molar-refractivity contribution in [2.24, 2.45) is 11.7 Å². The largest absolute Gasteiger partial charge is 0.368 e. The molecule has 2 aliphatic heterocycles. The number of para-hydroxylation sites is 1. The highest BCUT2D eigenvalue weighted by Crippen LogP contribution is 2.46. The van der Waals surface area contributed by atoms with E-state index in [2.05, 4.69) is 15.6 Å². The molecule has 2 aliphatic rings. The predicted octanol–water partition coefficient (Wildman–Crippen LogP) is 2.71. The fourth-order valence-electron chi connectivity index (χ4n) is 5.29. The number of amides is 4. The number of benzene rings is 2. The van der Waals surface area contributed by atoms with Crippen molar-refractivity contribution in [3.8, 4) is 0 Å². The van der Waals surface area contributed by atoms with Gasteiger partial charge >= 0.3 is 0 Å². The molecule has 1 saturated heterocycles. The second kappa shape index (κ2) is 9.44. The van der Waals surface area contributed by atoms with Crippen LogP contribution in [0.3, 0.4) is 0 Å². The third-order valence-corrected chi connectivity index (χ3v) is 7.12. The lowest BCUT2D eigenvalue weighted by molar-refractivity contribution is -0.139. The van der Waals surface area contributed by atoms with Gasteiger partial charge in [0.05, 0.1) is 16.4 Å². The first-order valence-electron chi connectivity index (χ1n) is 14.1. The Kier molecular flexibility index (Phi) is 5.22. The maximum absolute atomic E-state index is 14.2. The van der Waals surface area contributed by atoms with E-state index in [1.807, 2.05) is 0 Å². The molecule has 0 aliphatic carbocycles. The van der Waals surface area contributed by atoms with E-state index in [0.717, 1.165) is 11.0 Å². The summed E-state index contributed by atoms with van der Waals surface area (Å²) in [5.74, 6) is -7.67. The molecule has 0 saturated carbocycles. The van der Waals surface area contributed by atoms with Crippen molar-refractivity contribution >= 4 is 40.2 Å². The molecule has 12 heteroatoms. The lowest BCUT2D eigenvalue weighted by Gasteiger charge is -2.29. The summed E-state index contributed by atoms with van der Waals surface area (Å²) in [7, 11) is 0. The number of nitrogens with two attached hydrogens (primary N) is 1. The lowest BCUT2D eigenvalue weighted by atomic mass is 9.79. The van der Waals surface area contributed by atoms with Crippen molar-refractivity contribution in [3.63, 3.8) is 0 Å². The Morgan fingerprint density at radius 2 is 1.92 bits per heavy atom. The van der Waals surface area contributed by atoms with Crippen LogP contribution in [-0.4, -0.2) is 52.1 Å². The summed E-state index contributed by atoms with van der Waals surface area (Å²) in [6.07, 6.45) is -0.344. The van der Waals surface area contributed by atoms with Gasteiger partial charge in [0.25, 0.3) is 5.91 Å². The number of carbonyl (C=O) groups excluding carboxylic acids is 4. The Hall–Kier alpha value is -4.35. The fourth-order valence-corrected chi connectivity index (χ4v) is 5.29. The van der Waals surface area contributed by atoms with Crippen LogP contribution in [0.2, 0.25) is 0 Å². The molecular weight excluding hydrogens is 515 g/mol. The molecule has 5 N–H and O–H groups in total. The molecular formula is C27H26F3N5O4. The number of anilines is 1. The Morgan fingerprint density at radius 1 is 1.21 bits per heavy atom. The van der Waals surface area contributed by atoms with Crippen molar-refractivity contribution in [2.75, 3.05) is 11.9 Å². The Labute approximate surface area is 226 Å². The van der Waals surface area contributed by atoms with Crippen molar-refractivity contribution in [1.82, 2.24) is 15.2 Å². The molecule has 2 aromatic carbocycles. The van der Waals surface area contributed by atoms with Crippen LogP contribution in [0.4, 0.5) is 18.9 Å². The summed E-state index contributed by atoms with van der Waals surface area (Å²) in [5.41, 5.74) is 2.69. The fraction of sp³-hybridized carbons (Fsp3) is 0.333. The Balaban J connectivity index is 1.51. The van der Waals surface area contributed by atoms with Gasteiger partial charge in [-0.2, -0.15) is 0 Å². The molecule has 1 spiro atoms. The van der Waals surface area contributed by atoms with Gasteiger partial charge in [-0.15, -0.1) is 0 Å². The number of halogens is 3. The van der Waals surface area contributed by atoms with Crippen molar-refractivity contribution in [1.29, 1.82) is 0 Å². The first-order chi connectivity index (χ1) is 20.1. The van der Waals surface area contributed by atoms with Crippen LogP contribution >= 0.6 is 0 Å². The van der Waals surface area contributed by atoms with Gasteiger partial charge in [-0.25, -0.2) is 13.2 Å². The van der Waals surface area contributed by atoms with Crippen molar-refractivity contribution in [3.05, 3.63) is 65.0 Å². The van der Waals surface area contributed by atoms with E-state index in [4.69, 9.17) is 11.2 Å². The van der Waals surface area contributed by atoms with E-state index >= 15 is 0 Å². The molecule has 9 nitrogen and oxygen atoms in total. The third kappa shape index (κ3) is 4.29. The molecule has 4 amide bonds. The van der Waals surface area contributed by atoms with E-state index in [1.54, 1.807) is 13.8 Å². The standard InChI is InChI=1S/C27H26F3N5O4/c1-12(2)7-19(33-24(37)18-8-13-15(28)9-16(29)21(30)22(13)32-18)25(38)35-11-27(10-20(35)23(31)36)14-5-3-4-6-17(14)34-26(27)39/h3-6,8-9,12,19-20,32H,7,10-11H2,1-2H3,(H2,31,36)(H,33,37)(H,34,39)/t19-,20?,27?/m0/s1/i3D,4D,5D,6D. The second-order valence-electron chi connectivity index (χ2n) is 10.2. The zero-order valence-corrected chi connectivity index (χ0v) is 20.8. The highest BCUT2D eigenvalue weighted by Gasteiger charge is 2.57. The Morgan fingerprint density at radius 3 is 2.62 bits per heavy atom. The summed E-state index contributed by atoms with van der Waals surface area (Å²) in [5, 5.41) is 4.57. The average molecular weight is 546 g/mol. The van der Waals surface area contributed by atoms with Gasteiger partial charge in [-0.3, -0.25) is 19.2 Å². The minimum Gasteiger partial charge on any atom is -0.368 e. The number of hydrogen-bond donors (Lipinski definition) is 4. The molecule has 1 fully saturated rings. The van der Waals surface area contributed by atoms with Crippen LogP contribution in [0.5, 0.6) is 0 Å². The van der Waals surface area contributed by atoms with Crippen molar-refractivity contribution < 1.29 is 37.8 Å². The zero-order valence-electron chi connectivity index (χ0n) is 24.8. The number of fused-ring (bicyclic) bond motifs is 3. The summed E-state index contributed by atoms with van der Waals surface area (Å²) in [4.78, 5) is 56.4. The van der Waals surface area contributed by atoms with E-state index in [-0.39, 0.29) is 41.1 Å². The molecule has 39 heavy (non-hydrogen) atoms. The van der Waals surface area contributed by atoms with Gasteiger partial charge in [-0.1, -0.05) is 32.0 Å². The third-order valence-electron chi connectivity index (χ3n) is 7.12. The first-order valence-corrected chi connectivity index (χ1v) is 12.1. The van der Waals surface area contributed by atoms with Crippen LogP contribution in [0, 0.1) is 23.4 Å². The molecule has 204 valence electrons. The molecule has 3 heterocycles. The average Bonchev–Trinajstić information content (AvgIpc) is 3.64. The van der Waals surface area contributed by atoms with E-state index in [1.165, 1.54) is 0 Å². The minimum absolute atomic E-state index is 0.0273. The SMILES string of the molecule is [2H]c1c([2H])c([2H])c2c(c1[2H])NC(=O)C21CC(C(N)=O)N(C(=O)[C@H](CC(C)C)NC(=O)c2cc3c(F)cc(F)c(F)c3[nH]2)C1. The quantitative estimate of drug-likeness (QED) is 0.354. The van der Waals surface area contributed by atoms with Crippen LogP contribution in [0.15, 0.2) is 36.3 Å². The van der Waals surface area contributed by atoms with Gasteiger partial charge in [0.15, 0.2) is 11.6 Å².